The fraction of sp³-hybridized carbons (Fsp3) is 0.0833. The van der Waals surface area contributed by atoms with Gasteiger partial charge in [-0.15, -0.1) is 0 Å². The van der Waals surface area contributed by atoms with Gasteiger partial charge in [-0.2, -0.15) is 0 Å². The molecule has 0 fully saturated rings. The lowest BCUT2D eigenvalue weighted by atomic mass is 10.3. The number of quaternary nitrogens is 1. The Balaban J connectivity index is 2.18. The Hall–Kier alpha value is -2.11. The van der Waals surface area contributed by atoms with E-state index in [1.54, 1.807) is 25.4 Å². The molecule has 5 nitrogen and oxygen atoms in total. The van der Waals surface area contributed by atoms with Crippen LogP contribution in [0.1, 0.15) is 0 Å². The minimum Gasteiger partial charge on any atom is -0.630 e. The molecule has 1 aromatic carbocycles. The average molecular weight is 231 g/mol. The summed E-state index contributed by atoms with van der Waals surface area (Å²) in [5.41, 5.74) is 2.24. The van der Waals surface area contributed by atoms with E-state index >= 15 is 0 Å². The number of nitrogens with one attached hydrogen (secondary N) is 1. The number of methoxy groups -OCH3 is 1. The van der Waals surface area contributed by atoms with Crippen molar-refractivity contribution in [3.63, 3.8) is 0 Å². The summed E-state index contributed by atoms with van der Waals surface area (Å²) >= 11 is 0. The number of anilines is 2. The first kappa shape index (κ1) is 11.4. The molecular formula is C12H13N3O2. The average Bonchev–Trinajstić information content (AvgIpc) is 2.39. The maximum atomic E-state index is 10.6. The molecule has 0 aliphatic heterocycles. The number of aromatic nitrogens is 1. The minimum absolute atomic E-state index is 0.588. The Morgan fingerprint density at radius 1 is 1.29 bits per heavy atom. The van der Waals surface area contributed by atoms with Crippen molar-refractivity contribution in [2.24, 2.45) is 0 Å². The number of pyridine rings is 1. The van der Waals surface area contributed by atoms with Gasteiger partial charge in [0, 0.05) is 30.1 Å². The SMILES string of the molecule is COc1cccc(Nc2cc([NH2+][O-])ccn2)c1. The predicted octanol–water partition coefficient (Wildman–Crippen LogP) is 1.53. The molecule has 0 amide bonds. The molecule has 0 aliphatic carbocycles. The Morgan fingerprint density at radius 2 is 2.18 bits per heavy atom. The van der Waals surface area contributed by atoms with Gasteiger partial charge in [-0.1, -0.05) is 6.07 Å². The van der Waals surface area contributed by atoms with Gasteiger partial charge < -0.3 is 20.7 Å². The first-order chi connectivity index (χ1) is 8.31. The minimum atomic E-state index is 0.588. The largest absolute Gasteiger partial charge is 0.630 e. The highest BCUT2D eigenvalue weighted by molar-refractivity contribution is 5.59. The van der Waals surface area contributed by atoms with Gasteiger partial charge in [-0.25, -0.2) is 4.98 Å². The highest BCUT2D eigenvalue weighted by atomic mass is 16.5. The van der Waals surface area contributed by atoms with Crippen molar-refractivity contribution in [3.05, 3.63) is 47.8 Å². The van der Waals surface area contributed by atoms with Crippen molar-refractivity contribution in [1.29, 1.82) is 0 Å². The molecule has 0 aliphatic rings. The third-order valence-corrected chi connectivity index (χ3v) is 2.26. The molecule has 1 heterocycles. The van der Waals surface area contributed by atoms with Crippen LogP contribution in [-0.4, -0.2) is 12.1 Å². The molecule has 0 atom stereocenters. The van der Waals surface area contributed by atoms with Crippen molar-refractivity contribution in [1.82, 2.24) is 4.98 Å². The predicted molar refractivity (Wildman–Crippen MR) is 65.5 cm³/mol. The van der Waals surface area contributed by atoms with Gasteiger partial charge in [-0.05, 0) is 12.1 Å². The highest BCUT2D eigenvalue weighted by Gasteiger charge is 1.99. The number of rotatable bonds is 4. The topological polar surface area (TPSA) is 73.8 Å². The van der Waals surface area contributed by atoms with E-state index in [1.165, 1.54) is 0 Å². The fourth-order valence-corrected chi connectivity index (χ4v) is 1.44. The molecule has 0 unspecified atom stereocenters. The van der Waals surface area contributed by atoms with E-state index in [-0.39, 0.29) is 0 Å². The van der Waals surface area contributed by atoms with Gasteiger partial charge in [0.1, 0.15) is 17.3 Å². The van der Waals surface area contributed by atoms with Crippen LogP contribution in [-0.2, 0) is 0 Å². The fourth-order valence-electron chi connectivity index (χ4n) is 1.44. The van der Waals surface area contributed by atoms with Crippen LogP contribution in [0.5, 0.6) is 5.75 Å². The lowest BCUT2D eigenvalue weighted by Gasteiger charge is -2.08. The molecule has 3 N–H and O–H groups in total. The first-order valence-corrected chi connectivity index (χ1v) is 5.14. The Labute approximate surface area is 99.0 Å². The van der Waals surface area contributed by atoms with Crippen molar-refractivity contribution >= 4 is 17.2 Å². The molecule has 0 saturated carbocycles. The van der Waals surface area contributed by atoms with Crippen LogP contribution < -0.4 is 15.5 Å². The molecule has 1 aromatic heterocycles. The highest BCUT2D eigenvalue weighted by Crippen LogP contribution is 2.20. The normalized spacial score (nSPS) is 10.0. The summed E-state index contributed by atoms with van der Waals surface area (Å²) in [6, 6.07) is 10.8. The second kappa shape index (κ2) is 5.29. The summed E-state index contributed by atoms with van der Waals surface area (Å²) in [5, 5.41) is 13.7. The van der Waals surface area contributed by atoms with Crippen LogP contribution in [0.15, 0.2) is 42.6 Å². The molecule has 88 valence electrons. The maximum Gasteiger partial charge on any atom is 0.136 e. The first-order valence-electron chi connectivity index (χ1n) is 5.14. The lowest BCUT2D eigenvalue weighted by Crippen LogP contribution is -2.70. The summed E-state index contributed by atoms with van der Waals surface area (Å²) in [5.74, 6) is 1.39. The number of hydrogen-bond donors (Lipinski definition) is 2. The number of ether oxygens (including phenoxy) is 1. The van der Waals surface area contributed by atoms with Gasteiger partial charge in [0.05, 0.1) is 7.11 Å². The second-order valence-electron chi connectivity index (χ2n) is 3.45. The third-order valence-electron chi connectivity index (χ3n) is 2.26. The van der Waals surface area contributed by atoms with E-state index in [1.807, 2.05) is 24.3 Å². The van der Waals surface area contributed by atoms with Crippen molar-refractivity contribution in [2.45, 2.75) is 0 Å². The number of benzene rings is 1. The van der Waals surface area contributed by atoms with E-state index in [9.17, 15) is 5.21 Å². The molecule has 0 saturated heterocycles. The Morgan fingerprint density at radius 3 is 2.94 bits per heavy atom. The van der Waals surface area contributed by atoms with Crippen LogP contribution in [0.25, 0.3) is 0 Å². The molecular weight excluding hydrogens is 218 g/mol. The molecule has 0 bridgehead atoms. The Kier molecular flexibility index (Phi) is 3.54. The Bertz CT molecular complexity index is 457. The molecule has 0 spiro atoms. The molecule has 5 heteroatoms. The summed E-state index contributed by atoms with van der Waals surface area (Å²) in [7, 11) is 1.62. The monoisotopic (exact) mass is 231 g/mol. The van der Waals surface area contributed by atoms with Gasteiger partial charge in [0.15, 0.2) is 0 Å². The van der Waals surface area contributed by atoms with E-state index in [2.05, 4.69) is 10.3 Å². The number of nitrogens with two attached hydrogens (primary N) is 1. The molecule has 2 aromatic rings. The zero-order valence-electron chi connectivity index (χ0n) is 9.38. The molecule has 2 rings (SSSR count). The zero-order valence-corrected chi connectivity index (χ0v) is 9.38. The van der Waals surface area contributed by atoms with Crippen molar-refractivity contribution < 1.29 is 10.2 Å². The van der Waals surface area contributed by atoms with Crippen LogP contribution >= 0.6 is 0 Å². The van der Waals surface area contributed by atoms with E-state index in [0.29, 0.717) is 11.5 Å². The van der Waals surface area contributed by atoms with Crippen LogP contribution in [0.2, 0.25) is 0 Å². The lowest BCUT2D eigenvalue weighted by molar-refractivity contribution is -0.497. The number of hydrogen-bond acceptors (Lipinski definition) is 4. The summed E-state index contributed by atoms with van der Waals surface area (Å²) < 4.78 is 5.12. The summed E-state index contributed by atoms with van der Waals surface area (Å²) in [4.78, 5) is 4.13. The summed E-state index contributed by atoms with van der Waals surface area (Å²) in [6.07, 6.45) is 1.59. The van der Waals surface area contributed by atoms with Crippen molar-refractivity contribution in [3.8, 4) is 5.75 Å². The van der Waals surface area contributed by atoms with Crippen LogP contribution in [0, 0.1) is 5.21 Å². The van der Waals surface area contributed by atoms with E-state index in [4.69, 9.17) is 4.74 Å². The maximum absolute atomic E-state index is 10.6. The van der Waals surface area contributed by atoms with Crippen LogP contribution in [0.3, 0.4) is 0 Å². The zero-order chi connectivity index (χ0) is 12.1. The smallest absolute Gasteiger partial charge is 0.136 e. The van der Waals surface area contributed by atoms with Gasteiger partial charge in [0.25, 0.3) is 0 Å². The summed E-state index contributed by atoms with van der Waals surface area (Å²) in [6.45, 7) is 0. The molecule has 17 heavy (non-hydrogen) atoms. The second-order valence-corrected chi connectivity index (χ2v) is 3.45. The quantitative estimate of drug-likeness (QED) is 0.782. The van der Waals surface area contributed by atoms with Gasteiger partial charge in [-0.3, -0.25) is 0 Å². The number of nitrogens with zero attached hydrogens (tertiary/aromatic N) is 1. The standard InChI is InChI=1S/C12H13N3O2/c1-17-11-4-2-3-9(7-11)14-12-8-10(15-16)5-6-13-12/h2-8H,15H2,1H3,(H,13,14). The van der Waals surface area contributed by atoms with Gasteiger partial charge in [0.2, 0.25) is 0 Å². The third kappa shape index (κ3) is 2.93. The van der Waals surface area contributed by atoms with Crippen molar-refractivity contribution in [2.75, 3.05) is 12.4 Å². The van der Waals surface area contributed by atoms with E-state index in [0.717, 1.165) is 16.9 Å². The van der Waals surface area contributed by atoms with E-state index < -0.39 is 0 Å². The molecule has 0 radical (unpaired) electrons. The van der Waals surface area contributed by atoms with Crippen LogP contribution in [0.4, 0.5) is 17.2 Å². The van der Waals surface area contributed by atoms with Gasteiger partial charge >= 0.3 is 0 Å².